The maximum atomic E-state index is 12.9. The Bertz CT molecular complexity index is 1170. The fourth-order valence-corrected chi connectivity index (χ4v) is 4.50. The largest absolute Gasteiger partial charge is 0.493 e. The van der Waals surface area contributed by atoms with Crippen molar-refractivity contribution in [1.29, 1.82) is 0 Å². The number of aromatic nitrogens is 2. The number of likely N-dealkylation sites (N-methyl/N-ethyl adjacent to an activating group) is 1. The van der Waals surface area contributed by atoms with Crippen LogP contribution in [-0.4, -0.2) is 75.2 Å². The first kappa shape index (κ1) is 25.4. The molecule has 0 bridgehead atoms. The first-order valence-corrected chi connectivity index (χ1v) is 12.1. The molecular weight excluding hydrogens is 456 g/mol. The summed E-state index contributed by atoms with van der Waals surface area (Å²) in [5.74, 6) is 1.62. The van der Waals surface area contributed by atoms with E-state index < -0.39 is 0 Å². The van der Waals surface area contributed by atoms with Gasteiger partial charge < -0.3 is 24.0 Å². The van der Waals surface area contributed by atoms with E-state index in [0.29, 0.717) is 29.4 Å². The number of rotatable bonds is 10. The second-order valence-electron chi connectivity index (χ2n) is 9.06. The Balaban J connectivity index is 1.41. The lowest BCUT2D eigenvalue weighted by molar-refractivity contribution is -0.117. The van der Waals surface area contributed by atoms with Gasteiger partial charge in [0.2, 0.25) is 5.75 Å². The van der Waals surface area contributed by atoms with Crippen LogP contribution in [0.1, 0.15) is 22.5 Å². The van der Waals surface area contributed by atoms with Crippen molar-refractivity contribution in [2.24, 2.45) is 0 Å². The summed E-state index contributed by atoms with van der Waals surface area (Å²) in [6.07, 6.45) is 2.70. The second-order valence-corrected chi connectivity index (χ2v) is 9.06. The summed E-state index contributed by atoms with van der Waals surface area (Å²) in [5, 5.41) is 0. The van der Waals surface area contributed by atoms with Crippen LogP contribution in [0.15, 0.2) is 48.8 Å². The zero-order valence-corrected chi connectivity index (χ0v) is 21.5. The molecule has 1 aromatic heterocycles. The molecular formula is C28H34N4O4. The minimum absolute atomic E-state index is 0.0472. The summed E-state index contributed by atoms with van der Waals surface area (Å²) < 4.78 is 16.2. The summed E-state index contributed by atoms with van der Waals surface area (Å²) in [5.41, 5.74) is 4.85. The molecule has 8 heteroatoms. The molecule has 1 aliphatic heterocycles. The SMILES string of the molecule is COc1cc(CC(=O)Cc2cc(Cc3cccc(N4CCN(C)CC4)c3)ncn2)cc(OC)c1OC. The lowest BCUT2D eigenvalue weighted by atomic mass is 10.0. The van der Waals surface area contributed by atoms with Gasteiger partial charge in [-0.15, -0.1) is 0 Å². The van der Waals surface area contributed by atoms with Crippen LogP contribution in [0, 0.1) is 0 Å². The molecule has 0 radical (unpaired) electrons. The van der Waals surface area contributed by atoms with Gasteiger partial charge >= 0.3 is 0 Å². The average Bonchev–Trinajstić information content (AvgIpc) is 2.88. The predicted octanol–water partition coefficient (Wildman–Crippen LogP) is 3.20. The van der Waals surface area contributed by atoms with Crippen molar-refractivity contribution < 1.29 is 19.0 Å². The molecule has 1 saturated heterocycles. The molecule has 2 aromatic carbocycles. The highest BCUT2D eigenvalue weighted by Gasteiger charge is 2.17. The molecule has 0 spiro atoms. The van der Waals surface area contributed by atoms with E-state index in [4.69, 9.17) is 14.2 Å². The molecule has 0 amide bonds. The van der Waals surface area contributed by atoms with E-state index in [-0.39, 0.29) is 18.6 Å². The highest BCUT2D eigenvalue weighted by Crippen LogP contribution is 2.38. The maximum Gasteiger partial charge on any atom is 0.203 e. The summed E-state index contributed by atoms with van der Waals surface area (Å²) in [7, 11) is 6.84. The Labute approximate surface area is 212 Å². The fraction of sp³-hybridized carbons (Fsp3) is 0.393. The monoisotopic (exact) mass is 490 g/mol. The second kappa shape index (κ2) is 11.9. The zero-order chi connectivity index (χ0) is 25.5. The van der Waals surface area contributed by atoms with Crippen molar-refractivity contribution in [1.82, 2.24) is 14.9 Å². The smallest absolute Gasteiger partial charge is 0.203 e. The van der Waals surface area contributed by atoms with Gasteiger partial charge in [0.25, 0.3) is 0 Å². The van der Waals surface area contributed by atoms with E-state index >= 15 is 0 Å². The predicted molar refractivity (Wildman–Crippen MR) is 140 cm³/mol. The normalized spacial score (nSPS) is 13.9. The number of anilines is 1. The summed E-state index contributed by atoms with van der Waals surface area (Å²) >= 11 is 0. The van der Waals surface area contributed by atoms with E-state index in [1.165, 1.54) is 11.3 Å². The Morgan fingerprint density at radius 1 is 0.833 bits per heavy atom. The van der Waals surface area contributed by atoms with Crippen LogP contribution in [0.2, 0.25) is 0 Å². The number of hydrogen-bond acceptors (Lipinski definition) is 8. The van der Waals surface area contributed by atoms with Crippen molar-refractivity contribution in [2.45, 2.75) is 19.3 Å². The third kappa shape index (κ3) is 6.31. The molecule has 1 fully saturated rings. The number of hydrogen-bond donors (Lipinski definition) is 0. The Morgan fingerprint density at radius 2 is 1.53 bits per heavy atom. The van der Waals surface area contributed by atoms with Gasteiger partial charge in [0.05, 0.1) is 27.0 Å². The topological polar surface area (TPSA) is 77.0 Å². The molecule has 36 heavy (non-hydrogen) atoms. The zero-order valence-electron chi connectivity index (χ0n) is 21.5. The Morgan fingerprint density at radius 3 is 2.19 bits per heavy atom. The van der Waals surface area contributed by atoms with Gasteiger partial charge in [0.1, 0.15) is 12.1 Å². The lowest BCUT2D eigenvalue weighted by Gasteiger charge is -2.34. The number of methoxy groups -OCH3 is 3. The first-order chi connectivity index (χ1) is 17.5. The van der Waals surface area contributed by atoms with Crippen LogP contribution in [0.5, 0.6) is 17.2 Å². The van der Waals surface area contributed by atoms with Gasteiger partial charge in [-0.3, -0.25) is 4.79 Å². The molecule has 0 aliphatic carbocycles. The highest BCUT2D eigenvalue weighted by atomic mass is 16.5. The molecule has 3 aromatic rings. The standard InChI is InChI=1S/C28H34N4O4/c1-31-8-10-32(11-9-31)24-7-5-6-20(13-24)12-22-17-23(30-19-29-22)18-25(33)14-21-15-26(34-2)28(36-4)27(16-21)35-3/h5-7,13,15-17,19H,8-12,14,18H2,1-4H3. The number of ketones is 1. The van der Waals surface area contributed by atoms with Crippen molar-refractivity contribution >= 4 is 11.5 Å². The minimum Gasteiger partial charge on any atom is -0.493 e. The lowest BCUT2D eigenvalue weighted by Crippen LogP contribution is -2.44. The summed E-state index contributed by atoms with van der Waals surface area (Å²) in [4.78, 5) is 26.4. The van der Waals surface area contributed by atoms with Crippen molar-refractivity contribution in [3.8, 4) is 17.2 Å². The number of carbonyl (C=O) groups is 1. The summed E-state index contributed by atoms with van der Waals surface area (Å²) in [6, 6.07) is 14.2. The maximum absolute atomic E-state index is 12.9. The third-order valence-electron chi connectivity index (χ3n) is 6.45. The van der Waals surface area contributed by atoms with Crippen LogP contribution in [0.25, 0.3) is 0 Å². The van der Waals surface area contributed by atoms with E-state index in [1.54, 1.807) is 39.8 Å². The first-order valence-electron chi connectivity index (χ1n) is 12.1. The van der Waals surface area contributed by atoms with Crippen LogP contribution >= 0.6 is 0 Å². The number of benzene rings is 2. The molecule has 8 nitrogen and oxygen atoms in total. The van der Waals surface area contributed by atoms with E-state index in [0.717, 1.165) is 37.4 Å². The molecule has 0 unspecified atom stereocenters. The van der Waals surface area contributed by atoms with E-state index in [1.807, 2.05) is 6.07 Å². The van der Waals surface area contributed by atoms with Gasteiger partial charge in [-0.1, -0.05) is 12.1 Å². The third-order valence-corrected chi connectivity index (χ3v) is 6.45. The number of nitrogens with zero attached hydrogens (tertiary/aromatic N) is 4. The van der Waals surface area contributed by atoms with Gasteiger partial charge in [-0.2, -0.15) is 0 Å². The molecule has 4 rings (SSSR count). The van der Waals surface area contributed by atoms with Gasteiger partial charge in [0, 0.05) is 56.8 Å². The van der Waals surface area contributed by atoms with Crippen LogP contribution in [0.4, 0.5) is 5.69 Å². The summed E-state index contributed by atoms with van der Waals surface area (Å²) in [6.45, 7) is 4.21. The van der Waals surface area contributed by atoms with Crippen LogP contribution < -0.4 is 19.1 Å². The van der Waals surface area contributed by atoms with Gasteiger partial charge in [-0.25, -0.2) is 9.97 Å². The Hall–Kier alpha value is -3.65. The molecule has 0 atom stereocenters. The van der Waals surface area contributed by atoms with Gasteiger partial charge in [0.15, 0.2) is 11.5 Å². The molecule has 2 heterocycles. The van der Waals surface area contributed by atoms with E-state index in [2.05, 4.69) is 51.1 Å². The highest BCUT2D eigenvalue weighted by molar-refractivity contribution is 5.83. The molecule has 1 aliphatic rings. The van der Waals surface area contributed by atoms with Crippen molar-refractivity contribution in [3.63, 3.8) is 0 Å². The quantitative estimate of drug-likeness (QED) is 0.429. The number of ether oxygens (including phenoxy) is 3. The van der Waals surface area contributed by atoms with Crippen molar-refractivity contribution in [3.05, 3.63) is 71.3 Å². The van der Waals surface area contributed by atoms with Gasteiger partial charge in [-0.05, 0) is 48.5 Å². The van der Waals surface area contributed by atoms with Crippen LogP contribution in [-0.2, 0) is 24.1 Å². The molecule has 190 valence electrons. The Kier molecular flexibility index (Phi) is 8.38. The van der Waals surface area contributed by atoms with Crippen molar-refractivity contribution in [2.75, 3.05) is 59.5 Å². The minimum atomic E-state index is 0.0472. The number of Topliss-reactive ketones (excluding diaryl/α,β-unsaturated/α-hetero) is 1. The van der Waals surface area contributed by atoms with Crippen LogP contribution in [0.3, 0.4) is 0 Å². The number of piperazine rings is 1. The van der Waals surface area contributed by atoms with E-state index in [9.17, 15) is 4.79 Å². The fourth-order valence-electron chi connectivity index (χ4n) is 4.50. The molecule has 0 saturated carbocycles. The average molecular weight is 491 g/mol. The molecule has 0 N–H and O–H groups in total. The number of carbonyl (C=O) groups excluding carboxylic acids is 1.